The van der Waals surface area contributed by atoms with Gasteiger partial charge in [0.25, 0.3) is 0 Å². The Bertz CT molecular complexity index is 576. The van der Waals surface area contributed by atoms with Gasteiger partial charge in [0.15, 0.2) is 5.96 Å². The molecular weight excluding hydrogens is 519 g/mol. The maximum Gasteiger partial charge on any atom is 0.243 e. The number of aliphatic imine (C=N–C) groups is 1. The molecule has 6 nitrogen and oxygen atoms in total. The van der Waals surface area contributed by atoms with Crippen LogP contribution in [0.3, 0.4) is 0 Å². The molecule has 1 aliphatic heterocycles. The number of guanidine groups is 1. The van der Waals surface area contributed by atoms with E-state index in [-0.39, 0.29) is 42.5 Å². The zero-order valence-electron chi connectivity index (χ0n) is 14.8. The van der Waals surface area contributed by atoms with E-state index < -0.39 is 0 Å². The fourth-order valence-corrected chi connectivity index (χ4v) is 3.89. The second-order valence-electron chi connectivity index (χ2n) is 6.01. The number of halogens is 2. The van der Waals surface area contributed by atoms with Crippen LogP contribution in [0.15, 0.2) is 20.9 Å². The zero-order valence-corrected chi connectivity index (χ0v) is 19.6. The van der Waals surface area contributed by atoms with Gasteiger partial charge in [0.05, 0.1) is 16.4 Å². The Morgan fingerprint density at radius 1 is 1.44 bits per heavy atom. The molecule has 1 aliphatic rings. The Balaban J connectivity index is 0.00000312. The SMILES string of the molecule is CN(C)C(=O)CN=C(NCC1CCCO1)N(C)Cc1ccc(Br)s1.I. The summed E-state index contributed by atoms with van der Waals surface area (Å²) in [5.74, 6) is 0.712. The van der Waals surface area contributed by atoms with Gasteiger partial charge in [0, 0.05) is 39.2 Å². The van der Waals surface area contributed by atoms with E-state index in [1.165, 1.54) is 4.88 Å². The molecule has 1 aromatic heterocycles. The molecule has 9 heteroatoms. The van der Waals surface area contributed by atoms with E-state index in [0.717, 1.165) is 35.7 Å². The number of amides is 1. The topological polar surface area (TPSA) is 57.2 Å². The van der Waals surface area contributed by atoms with Crippen LogP contribution in [0.1, 0.15) is 17.7 Å². The quantitative estimate of drug-likeness (QED) is 0.340. The number of hydrogen-bond donors (Lipinski definition) is 1. The van der Waals surface area contributed by atoms with Crippen molar-refractivity contribution in [3.8, 4) is 0 Å². The van der Waals surface area contributed by atoms with E-state index in [1.54, 1.807) is 30.3 Å². The lowest BCUT2D eigenvalue weighted by Crippen LogP contribution is -2.42. The van der Waals surface area contributed by atoms with Gasteiger partial charge in [-0.3, -0.25) is 4.79 Å². The number of thiophene rings is 1. The molecule has 0 spiro atoms. The lowest BCUT2D eigenvalue weighted by atomic mass is 10.2. The third-order valence-corrected chi connectivity index (χ3v) is 5.37. The van der Waals surface area contributed by atoms with E-state index >= 15 is 0 Å². The number of carbonyl (C=O) groups excluding carboxylic acids is 1. The first-order valence-corrected chi connectivity index (χ1v) is 9.62. The molecule has 1 fully saturated rings. The molecule has 1 amide bonds. The summed E-state index contributed by atoms with van der Waals surface area (Å²) in [6.45, 7) is 2.42. The fraction of sp³-hybridized carbons (Fsp3) is 0.625. The molecule has 0 radical (unpaired) electrons. The average Bonchev–Trinajstić information content (AvgIpc) is 3.18. The third-order valence-electron chi connectivity index (χ3n) is 3.76. The zero-order chi connectivity index (χ0) is 17.5. The highest BCUT2D eigenvalue weighted by atomic mass is 127. The normalized spacial score (nSPS) is 17.1. The summed E-state index contributed by atoms with van der Waals surface area (Å²) < 4.78 is 6.76. The Morgan fingerprint density at radius 3 is 2.76 bits per heavy atom. The molecule has 0 saturated carbocycles. The smallest absolute Gasteiger partial charge is 0.243 e. The monoisotopic (exact) mass is 544 g/mol. The molecule has 142 valence electrons. The van der Waals surface area contributed by atoms with E-state index in [4.69, 9.17) is 4.74 Å². The van der Waals surface area contributed by atoms with E-state index in [0.29, 0.717) is 6.54 Å². The van der Waals surface area contributed by atoms with Crippen LogP contribution in [-0.4, -0.2) is 68.6 Å². The lowest BCUT2D eigenvalue weighted by molar-refractivity contribution is -0.127. The Kier molecular flexibility index (Phi) is 10.3. The van der Waals surface area contributed by atoms with Gasteiger partial charge in [-0.05, 0) is 40.9 Å². The molecule has 1 N–H and O–H groups in total. The van der Waals surface area contributed by atoms with Gasteiger partial charge in [-0.25, -0.2) is 4.99 Å². The first-order chi connectivity index (χ1) is 11.5. The molecular formula is C16H26BrIN4O2S. The maximum absolute atomic E-state index is 11.8. The maximum atomic E-state index is 11.8. The number of hydrogen-bond acceptors (Lipinski definition) is 4. The van der Waals surface area contributed by atoms with Crippen LogP contribution in [-0.2, 0) is 16.1 Å². The predicted molar refractivity (Wildman–Crippen MR) is 117 cm³/mol. The molecule has 1 saturated heterocycles. The molecule has 0 aliphatic carbocycles. The van der Waals surface area contributed by atoms with Gasteiger partial charge in [-0.15, -0.1) is 35.3 Å². The molecule has 0 aromatic carbocycles. The molecule has 25 heavy (non-hydrogen) atoms. The summed E-state index contributed by atoms with van der Waals surface area (Å²) >= 11 is 5.19. The number of rotatable bonds is 6. The van der Waals surface area contributed by atoms with Crippen LogP contribution < -0.4 is 5.32 Å². The Labute approximate surface area is 179 Å². The minimum Gasteiger partial charge on any atom is -0.376 e. The number of nitrogens with one attached hydrogen (secondary N) is 1. The number of likely N-dealkylation sites (N-methyl/N-ethyl adjacent to an activating group) is 1. The third kappa shape index (κ3) is 7.79. The molecule has 2 rings (SSSR count). The predicted octanol–water partition coefficient (Wildman–Crippen LogP) is 2.77. The highest BCUT2D eigenvalue weighted by Crippen LogP contribution is 2.23. The van der Waals surface area contributed by atoms with Crippen molar-refractivity contribution in [2.75, 3.05) is 40.8 Å². The molecule has 1 unspecified atom stereocenters. The summed E-state index contributed by atoms with van der Waals surface area (Å²) in [7, 11) is 5.46. The van der Waals surface area contributed by atoms with Crippen molar-refractivity contribution in [1.29, 1.82) is 0 Å². The van der Waals surface area contributed by atoms with Crippen LogP contribution >= 0.6 is 51.2 Å². The molecule has 0 bridgehead atoms. The van der Waals surface area contributed by atoms with Crippen molar-refractivity contribution in [3.05, 3.63) is 20.8 Å². The van der Waals surface area contributed by atoms with Crippen molar-refractivity contribution in [1.82, 2.24) is 15.1 Å². The fourth-order valence-electron chi connectivity index (χ4n) is 2.35. The van der Waals surface area contributed by atoms with Gasteiger partial charge in [-0.2, -0.15) is 0 Å². The Morgan fingerprint density at radius 2 is 2.20 bits per heavy atom. The van der Waals surface area contributed by atoms with Crippen molar-refractivity contribution in [2.45, 2.75) is 25.5 Å². The van der Waals surface area contributed by atoms with E-state index in [2.05, 4.69) is 32.3 Å². The van der Waals surface area contributed by atoms with Crippen molar-refractivity contribution in [2.24, 2.45) is 4.99 Å². The van der Waals surface area contributed by atoms with Gasteiger partial charge in [0.2, 0.25) is 5.91 Å². The van der Waals surface area contributed by atoms with Gasteiger partial charge in [-0.1, -0.05) is 0 Å². The Hall–Kier alpha value is -0.390. The van der Waals surface area contributed by atoms with Crippen LogP contribution in [0.25, 0.3) is 0 Å². The summed E-state index contributed by atoms with van der Waals surface area (Å²) in [4.78, 5) is 21.1. The standard InChI is InChI=1S/C16H25BrN4O2S.HI/c1-20(2)15(22)10-19-16(18-9-12-5-4-8-23-12)21(3)11-13-6-7-14(17)24-13;/h6-7,12H,4-5,8-11H2,1-3H3,(H,18,19);1H. The number of nitrogens with zero attached hydrogens (tertiary/aromatic N) is 3. The van der Waals surface area contributed by atoms with Crippen LogP contribution in [0.5, 0.6) is 0 Å². The van der Waals surface area contributed by atoms with Crippen molar-refractivity contribution < 1.29 is 9.53 Å². The van der Waals surface area contributed by atoms with Crippen molar-refractivity contribution >= 4 is 63.1 Å². The molecule has 1 aromatic rings. The first kappa shape index (κ1) is 22.7. The second kappa shape index (κ2) is 11.3. The van der Waals surface area contributed by atoms with Gasteiger partial charge in [0.1, 0.15) is 6.54 Å². The summed E-state index contributed by atoms with van der Waals surface area (Å²) in [5.41, 5.74) is 0. The molecule has 2 heterocycles. The van der Waals surface area contributed by atoms with Crippen LogP contribution in [0.4, 0.5) is 0 Å². The van der Waals surface area contributed by atoms with Gasteiger partial charge >= 0.3 is 0 Å². The highest BCUT2D eigenvalue weighted by molar-refractivity contribution is 14.0. The molecule has 1 atom stereocenters. The lowest BCUT2D eigenvalue weighted by Gasteiger charge is -2.23. The van der Waals surface area contributed by atoms with E-state index in [9.17, 15) is 4.79 Å². The summed E-state index contributed by atoms with van der Waals surface area (Å²) in [5, 5.41) is 3.36. The van der Waals surface area contributed by atoms with Crippen molar-refractivity contribution in [3.63, 3.8) is 0 Å². The minimum atomic E-state index is -0.0151. The summed E-state index contributed by atoms with van der Waals surface area (Å²) in [6.07, 6.45) is 2.40. The highest BCUT2D eigenvalue weighted by Gasteiger charge is 2.17. The van der Waals surface area contributed by atoms with Crippen LogP contribution in [0, 0.1) is 0 Å². The second-order valence-corrected chi connectivity index (χ2v) is 8.55. The first-order valence-electron chi connectivity index (χ1n) is 8.01. The van der Waals surface area contributed by atoms with E-state index in [1.807, 2.05) is 18.0 Å². The van der Waals surface area contributed by atoms with Gasteiger partial charge < -0.3 is 19.9 Å². The number of carbonyl (C=O) groups is 1. The largest absolute Gasteiger partial charge is 0.376 e. The number of ether oxygens (including phenoxy) is 1. The average molecular weight is 545 g/mol. The minimum absolute atomic E-state index is 0. The van der Waals surface area contributed by atoms with Crippen LogP contribution in [0.2, 0.25) is 0 Å². The summed E-state index contributed by atoms with van der Waals surface area (Å²) in [6, 6.07) is 4.13.